The molecule has 0 saturated carbocycles. The van der Waals surface area contributed by atoms with Crippen molar-refractivity contribution in [1.82, 2.24) is 14.9 Å². The molecule has 104 valence electrons. The van der Waals surface area contributed by atoms with Crippen molar-refractivity contribution in [3.8, 4) is 0 Å². The minimum absolute atomic E-state index is 0.529. The number of carbonyl (C=O) groups excluding carboxylic acids is 1. The van der Waals surface area contributed by atoms with Crippen molar-refractivity contribution < 1.29 is 4.79 Å². The lowest BCUT2D eigenvalue weighted by Crippen LogP contribution is -2.46. The minimum atomic E-state index is 0.529. The molecule has 1 aliphatic heterocycles. The molecule has 3 heterocycles. The summed E-state index contributed by atoms with van der Waals surface area (Å²) in [6, 6.07) is 6.02. The number of carbonyl (C=O) groups is 1. The van der Waals surface area contributed by atoms with E-state index in [0.29, 0.717) is 5.69 Å². The van der Waals surface area contributed by atoms with E-state index < -0.39 is 0 Å². The van der Waals surface area contributed by atoms with Crippen LogP contribution in [0.3, 0.4) is 0 Å². The third-order valence-corrected chi connectivity index (χ3v) is 4.30. The van der Waals surface area contributed by atoms with Crippen molar-refractivity contribution in [2.45, 2.75) is 6.54 Å². The van der Waals surface area contributed by atoms with Gasteiger partial charge >= 0.3 is 0 Å². The van der Waals surface area contributed by atoms with E-state index in [0.717, 1.165) is 49.8 Å². The Morgan fingerprint density at radius 3 is 2.75 bits per heavy atom. The molecule has 0 unspecified atom stereocenters. The van der Waals surface area contributed by atoms with Crippen LogP contribution >= 0.6 is 11.3 Å². The van der Waals surface area contributed by atoms with E-state index in [4.69, 9.17) is 0 Å². The van der Waals surface area contributed by atoms with Gasteiger partial charge in [0.1, 0.15) is 5.69 Å². The first-order valence-corrected chi connectivity index (χ1v) is 7.51. The lowest BCUT2D eigenvalue weighted by Gasteiger charge is -2.34. The smallest absolute Gasteiger partial charge is 0.186 e. The highest BCUT2D eigenvalue weighted by Crippen LogP contribution is 2.21. The summed E-state index contributed by atoms with van der Waals surface area (Å²) >= 11 is 1.54. The molecule has 0 aromatic carbocycles. The molecule has 5 nitrogen and oxygen atoms in total. The first-order valence-electron chi connectivity index (χ1n) is 6.63. The molecule has 2 aromatic rings. The number of hydrogen-bond donors (Lipinski definition) is 0. The second-order valence-electron chi connectivity index (χ2n) is 4.76. The third-order valence-electron chi connectivity index (χ3n) is 3.39. The number of piperazine rings is 1. The molecule has 0 bridgehead atoms. The molecule has 20 heavy (non-hydrogen) atoms. The van der Waals surface area contributed by atoms with Crippen LogP contribution in [-0.4, -0.2) is 47.3 Å². The van der Waals surface area contributed by atoms with E-state index >= 15 is 0 Å². The summed E-state index contributed by atoms with van der Waals surface area (Å²) in [6.07, 6.45) is 2.64. The van der Waals surface area contributed by atoms with E-state index in [1.165, 1.54) is 11.3 Å². The monoisotopic (exact) mass is 288 g/mol. The van der Waals surface area contributed by atoms with Gasteiger partial charge < -0.3 is 4.90 Å². The molecule has 1 saturated heterocycles. The predicted molar refractivity (Wildman–Crippen MR) is 79.2 cm³/mol. The summed E-state index contributed by atoms with van der Waals surface area (Å²) in [6.45, 7) is 4.77. The zero-order chi connectivity index (χ0) is 13.8. The van der Waals surface area contributed by atoms with Gasteiger partial charge in [-0.3, -0.25) is 14.7 Å². The van der Waals surface area contributed by atoms with Crippen LogP contribution in [0.25, 0.3) is 0 Å². The van der Waals surface area contributed by atoms with Gasteiger partial charge in [0.25, 0.3) is 0 Å². The Kier molecular flexibility index (Phi) is 4.03. The molecule has 0 aliphatic carbocycles. The Bertz CT molecular complexity index is 564. The highest BCUT2D eigenvalue weighted by Gasteiger charge is 2.19. The molecule has 0 amide bonds. The molecule has 0 radical (unpaired) electrons. The van der Waals surface area contributed by atoms with Gasteiger partial charge in [-0.15, -0.1) is 11.3 Å². The van der Waals surface area contributed by atoms with Crippen LogP contribution in [0, 0.1) is 0 Å². The largest absolute Gasteiger partial charge is 0.346 e. The van der Waals surface area contributed by atoms with E-state index in [2.05, 4.69) is 25.8 Å². The third kappa shape index (κ3) is 3.02. The van der Waals surface area contributed by atoms with Crippen molar-refractivity contribution in [1.29, 1.82) is 0 Å². The summed E-state index contributed by atoms with van der Waals surface area (Å²) in [7, 11) is 0. The normalized spacial score (nSPS) is 16.3. The zero-order valence-electron chi connectivity index (χ0n) is 11.1. The van der Waals surface area contributed by atoms with E-state index in [1.807, 2.05) is 23.7 Å². The van der Waals surface area contributed by atoms with Crippen molar-refractivity contribution in [3.05, 3.63) is 41.2 Å². The average Bonchev–Trinajstić information content (AvgIpc) is 2.98. The highest BCUT2D eigenvalue weighted by atomic mass is 32.1. The average molecular weight is 288 g/mol. The fraction of sp³-hybridized carbons (Fsp3) is 0.357. The Morgan fingerprint density at radius 1 is 1.25 bits per heavy atom. The number of rotatable bonds is 4. The number of hydrogen-bond acceptors (Lipinski definition) is 6. The Balaban J connectivity index is 1.55. The quantitative estimate of drug-likeness (QED) is 0.801. The van der Waals surface area contributed by atoms with Crippen LogP contribution in [0.15, 0.2) is 29.8 Å². The van der Waals surface area contributed by atoms with E-state index in [1.54, 1.807) is 0 Å². The summed E-state index contributed by atoms with van der Waals surface area (Å²) in [5, 5.41) is 2.76. The van der Waals surface area contributed by atoms with Crippen LogP contribution in [0.5, 0.6) is 0 Å². The first-order chi connectivity index (χ1) is 9.85. The van der Waals surface area contributed by atoms with Crippen molar-refractivity contribution >= 4 is 22.8 Å². The molecule has 0 N–H and O–H groups in total. The molecular weight excluding hydrogens is 272 g/mol. The maximum atomic E-state index is 10.7. The molecule has 3 rings (SSSR count). The first kappa shape index (κ1) is 13.2. The van der Waals surface area contributed by atoms with Crippen molar-refractivity contribution in [3.63, 3.8) is 0 Å². The molecular formula is C14H16N4OS. The molecule has 1 aliphatic rings. The number of aldehydes is 1. The van der Waals surface area contributed by atoms with Gasteiger partial charge in [0.05, 0.1) is 5.69 Å². The second kappa shape index (κ2) is 6.11. The molecule has 0 spiro atoms. The van der Waals surface area contributed by atoms with Crippen LogP contribution in [0.2, 0.25) is 0 Å². The van der Waals surface area contributed by atoms with E-state index in [-0.39, 0.29) is 0 Å². The van der Waals surface area contributed by atoms with Gasteiger partial charge in [0.15, 0.2) is 11.4 Å². The fourth-order valence-corrected chi connectivity index (χ4v) is 3.12. The topological polar surface area (TPSA) is 49.3 Å². The Hall–Kier alpha value is -1.79. The summed E-state index contributed by atoms with van der Waals surface area (Å²) in [5.74, 6) is 0. The number of nitrogens with zero attached hydrogens (tertiary/aromatic N) is 4. The molecule has 0 atom stereocenters. The van der Waals surface area contributed by atoms with Crippen molar-refractivity contribution in [2.24, 2.45) is 0 Å². The number of anilines is 1. The maximum Gasteiger partial charge on any atom is 0.186 e. The van der Waals surface area contributed by atoms with Crippen molar-refractivity contribution in [2.75, 3.05) is 31.1 Å². The Labute approximate surface area is 121 Å². The van der Waals surface area contributed by atoms with E-state index in [9.17, 15) is 4.79 Å². The SMILES string of the molecule is O=Cc1csc(N2CCN(Cc3ccccn3)CC2)n1. The minimum Gasteiger partial charge on any atom is -0.346 e. The molecule has 6 heteroatoms. The van der Waals surface area contributed by atoms with Gasteiger partial charge in [-0.05, 0) is 12.1 Å². The standard InChI is InChI=1S/C14H16N4OS/c19-10-13-11-20-14(16-13)18-7-5-17(6-8-18)9-12-3-1-2-4-15-12/h1-4,10-11H,5-9H2. The number of pyridine rings is 1. The van der Waals surface area contributed by atoms with Gasteiger partial charge in [0.2, 0.25) is 0 Å². The highest BCUT2D eigenvalue weighted by molar-refractivity contribution is 7.13. The second-order valence-corrected chi connectivity index (χ2v) is 5.59. The van der Waals surface area contributed by atoms with Crippen LogP contribution in [0.4, 0.5) is 5.13 Å². The fourth-order valence-electron chi connectivity index (χ4n) is 2.29. The van der Waals surface area contributed by atoms with Gasteiger partial charge in [-0.1, -0.05) is 6.07 Å². The van der Waals surface area contributed by atoms with Gasteiger partial charge in [-0.2, -0.15) is 0 Å². The molecule has 1 fully saturated rings. The van der Waals surface area contributed by atoms with Crippen LogP contribution in [0.1, 0.15) is 16.2 Å². The predicted octanol–water partition coefficient (Wildman–Crippen LogP) is 1.67. The summed E-state index contributed by atoms with van der Waals surface area (Å²) in [5.41, 5.74) is 1.64. The Morgan fingerprint density at radius 2 is 2.10 bits per heavy atom. The van der Waals surface area contributed by atoms with Gasteiger partial charge in [-0.25, -0.2) is 4.98 Å². The maximum absolute atomic E-state index is 10.7. The zero-order valence-corrected chi connectivity index (χ0v) is 11.9. The molecule has 2 aromatic heterocycles. The lowest BCUT2D eigenvalue weighted by molar-refractivity contribution is 0.111. The summed E-state index contributed by atoms with van der Waals surface area (Å²) in [4.78, 5) is 24.0. The van der Waals surface area contributed by atoms with Gasteiger partial charge in [0, 0.05) is 44.3 Å². The summed E-state index contributed by atoms with van der Waals surface area (Å²) < 4.78 is 0. The van der Waals surface area contributed by atoms with Crippen LogP contribution in [-0.2, 0) is 6.54 Å². The lowest BCUT2D eigenvalue weighted by atomic mass is 10.3. The number of thiazole rings is 1. The number of aromatic nitrogens is 2. The van der Waals surface area contributed by atoms with Crippen LogP contribution < -0.4 is 4.90 Å².